The van der Waals surface area contributed by atoms with Gasteiger partial charge in [-0.05, 0) is 48.7 Å². The molecular weight excluding hydrogens is 254 g/mol. The number of anilines is 2. The van der Waals surface area contributed by atoms with Crippen LogP contribution in [0.5, 0.6) is 11.6 Å². The molecule has 0 saturated carbocycles. The lowest BCUT2D eigenvalue weighted by Crippen LogP contribution is -2.18. The molecule has 0 saturated heterocycles. The maximum atomic E-state index is 11.3. The van der Waals surface area contributed by atoms with Gasteiger partial charge < -0.3 is 15.8 Å². The summed E-state index contributed by atoms with van der Waals surface area (Å²) >= 11 is 0. The van der Waals surface area contributed by atoms with E-state index in [0.717, 1.165) is 23.2 Å². The van der Waals surface area contributed by atoms with Gasteiger partial charge in [0.1, 0.15) is 5.75 Å². The lowest BCUT2D eigenvalue weighted by atomic mass is 10.0. The van der Waals surface area contributed by atoms with Crippen molar-refractivity contribution < 1.29 is 9.53 Å². The highest BCUT2D eigenvalue weighted by Gasteiger charge is 2.15. The highest BCUT2D eigenvalue weighted by Crippen LogP contribution is 2.31. The van der Waals surface area contributed by atoms with Gasteiger partial charge in [0.2, 0.25) is 11.8 Å². The molecule has 0 bridgehead atoms. The molecule has 0 atom stereocenters. The summed E-state index contributed by atoms with van der Waals surface area (Å²) in [6.45, 7) is 1.91. The number of nitrogens with zero attached hydrogens (tertiary/aromatic N) is 1. The number of nitrogen functional groups attached to an aromatic ring is 1. The predicted molar refractivity (Wildman–Crippen MR) is 76.9 cm³/mol. The first-order chi connectivity index (χ1) is 9.63. The van der Waals surface area contributed by atoms with Crippen LogP contribution in [0, 0.1) is 6.92 Å². The fourth-order valence-corrected chi connectivity index (χ4v) is 2.16. The summed E-state index contributed by atoms with van der Waals surface area (Å²) in [7, 11) is 0. The van der Waals surface area contributed by atoms with Crippen molar-refractivity contribution in [3.63, 3.8) is 0 Å². The van der Waals surface area contributed by atoms with Crippen LogP contribution in [0.3, 0.4) is 0 Å². The standard InChI is InChI=1S/C15H15N3O2/c1-9-6-7-17-15(14(9)16)20-11-3-4-12-10(8-11)2-5-13(19)18-12/h3-4,6-8H,2,5,16H2,1H3,(H,18,19). The normalized spacial score (nSPS) is 13.6. The number of amides is 1. The first-order valence-corrected chi connectivity index (χ1v) is 6.45. The molecule has 20 heavy (non-hydrogen) atoms. The molecule has 0 fully saturated rings. The number of rotatable bonds is 2. The number of carbonyl (C=O) groups excluding carboxylic acids is 1. The average Bonchev–Trinajstić information content (AvgIpc) is 2.44. The quantitative estimate of drug-likeness (QED) is 0.878. The van der Waals surface area contributed by atoms with Crippen molar-refractivity contribution in [2.75, 3.05) is 11.1 Å². The maximum absolute atomic E-state index is 11.3. The van der Waals surface area contributed by atoms with Gasteiger partial charge >= 0.3 is 0 Å². The number of fused-ring (bicyclic) bond motifs is 1. The van der Waals surface area contributed by atoms with Crippen LogP contribution in [0.2, 0.25) is 0 Å². The van der Waals surface area contributed by atoms with Crippen LogP contribution in [0.1, 0.15) is 17.5 Å². The number of hydrogen-bond donors (Lipinski definition) is 2. The van der Waals surface area contributed by atoms with E-state index in [1.807, 2.05) is 25.1 Å². The highest BCUT2D eigenvalue weighted by molar-refractivity contribution is 5.94. The van der Waals surface area contributed by atoms with E-state index in [9.17, 15) is 4.79 Å². The number of nitrogens with two attached hydrogens (primary N) is 1. The summed E-state index contributed by atoms with van der Waals surface area (Å²) < 4.78 is 5.73. The first-order valence-electron chi connectivity index (χ1n) is 6.45. The second-order valence-electron chi connectivity index (χ2n) is 4.82. The predicted octanol–water partition coefficient (Wildman–Crippen LogP) is 2.65. The van der Waals surface area contributed by atoms with Gasteiger partial charge in [-0.1, -0.05) is 0 Å². The summed E-state index contributed by atoms with van der Waals surface area (Å²) in [5.41, 5.74) is 9.32. The molecule has 3 N–H and O–H groups in total. The molecule has 5 nitrogen and oxygen atoms in total. The Morgan fingerprint density at radius 1 is 1.30 bits per heavy atom. The van der Waals surface area contributed by atoms with E-state index in [1.165, 1.54) is 0 Å². The Morgan fingerprint density at radius 3 is 3.00 bits per heavy atom. The lowest BCUT2D eigenvalue weighted by molar-refractivity contribution is -0.116. The molecule has 0 unspecified atom stereocenters. The van der Waals surface area contributed by atoms with E-state index >= 15 is 0 Å². The van der Waals surface area contributed by atoms with Crippen LogP contribution < -0.4 is 15.8 Å². The van der Waals surface area contributed by atoms with Crippen molar-refractivity contribution in [1.29, 1.82) is 0 Å². The number of pyridine rings is 1. The number of aryl methyl sites for hydroxylation is 2. The SMILES string of the molecule is Cc1ccnc(Oc2ccc3c(c2)CCC(=O)N3)c1N. The molecular formula is C15H15N3O2. The molecule has 1 aliphatic heterocycles. The Bertz CT molecular complexity index is 683. The fourth-order valence-electron chi connectivity index (χ4n) is 2.16. The Kier molecular flexibility index (Phi) is 3.02. The third kappa shape index (κ3) is 2.30. The molecule has 1 aromatic heterocycles. The van der Waals surface area contributed by atoms with Gasteiger partial charge in [0.05, 0.1) is 5.69 Å². The lowest BCUT2D eigenvalue weighted by Gasteiger charge is -2.17. The van der Waals surface area contributed by atoms with Gasteiger partial charge in [-0.25, -0.2) is 4.98 Å². The van der Waals surface area contributed by atoms with Crippen LogP contribution in [0.25, 0.3) is 0 Å². The summed E-state index contributed by atoms with van der Waals surface area (Å²) in [5.74, 6) is 1.13. The van der Waals surface area contributed by atoms with E-state index in [1.54, 1.807) is 12.3 Å². The number of aromatic nitrogens is 1. The molecule has 5 heteroatoms. The molecule has 102 valence electrons. The summed E-state index contributed by atoms with van der Waals surface area (Å²) in [6.07, 6.45) is 2.88. The van der Waals surface area contributed by atoms with Gasteiger partial charge in [0, 0.05) is 18.3 Å². The third-order valence-electron chi connectivity index (χ3n) is 3.36. The zero-order valence-electron chi connectivity index (χ0n) is 11.1. The minimum Gasteiger partial charge on any atom is -0.437 e. The number of ether oxygens (including phenoxy) is 1. The first kappa shape index (κ1) is 12.5. The van der Waals surface area contributed by atoms with Crippen LogP contribution in [0.4, 0.5) is 11.4 Å². The minimum absolute atomic E-state index is 0.0516. The number of benzene rings is 1. The molecule has 2 heterocycles. The van der Waals surface area contributed by atoms with Gasteiger partial charge in [-0.2, -0.15) is 0 Å². The zero-order valence-corrected chi connectivity index (χ0v) is 11.1. The van der Waals surface area contributed by atoms with Gasteiger partial charge in [0.25, 0.3) is 0 Å². The number of carbonyl (C=O) groups is 1. The molecule has 0 aliphatic carbocycles. The topological polar surface area (TPSA) is 77.2 Å². The van der Waals surface area contributed by atoms with Crippen LogP contribution in [-0.2, 0) is 11.2 Å². The maximum Gasteiger partial charge on any atom is 0.242 e. The van der Waals surface area contributed by atoms with E-state index in [0.29, 0.717) is 23.7 Å². The molecule has 1 aliphatic rings. The number of hydrogen-bond acceptors (Lipinski definition) is 4. The summed E-state index contributed by atoms with van der Waals surface area (Å²) in [6, 6.07) is 7.39. The Labute approximate surface area is 116 Å². The fraction of sp³-hybridized carbons (Fsp3) is 0.200. The van der Waals surface area contributed by atoms with Crippen LogP contribution in [-0.4, -0.2) is 10.9 Å². The smallest absolute Gasteiger partial charge is 0.242 e. The van der Waals surface area contributed by atoms with Crippen molar-refractivity contribution in [3.05, 3.63) is 41.6 Å². The van der Waals surface area contributed by atoms with E-state index in [-0.39, 0.29) is 5.91 Å². The number of nitrogens with one attached hydrogen (secondary N) is 1. The van der Waals surface area contributed by atoms with Crippen molar-refractivity contribution in [3.8, 4) is 11.6 Å². The molecule has 1 aromatic carbocycles. The second kappa shape index (κ2) is 4.85. The minimum atomic E-state index is 0.0516. The van der Waals surface area contributed by atoms with Gasteiger partial charge in [0.15, 0.2) is 0 Å². The monoisotopic (exact) mass is 269 g/mol. The Balaban J connectivity index is 1.88. The average molecular weight is 269 g/mol. The van der Waals surface area contributed by atoms with Crippen LogP contribution >= 0.6 is 0 Å². The van der Waals surface area contributed by atoms with E-state index < -0.39 is 0 Å². The third-order valence-corrected chi connectivity index (χ3v) is 3.36. The van der Waals surface area contributed by atoms with Crippen LogP contribution in [0.15, 0.2) is 30.5 Å². The van der Waals surface area contributed by atoms with Crippen molar-refractivity contribution in [2.45, 2.75) is 19.8 Å². The largest absolute Gasteiger partial charge is 0.437 e. The summed E-state index contributed by atoms with van der Waals surface area (Å²) in [4.78, 5) is 15.5. The second-order valence-corrected chi connectivity index (χ2v) is 4.82. The van der Waals surface area contributed by atoms with Gasteiger partial charge in [-0.3, -0.25) is 4.79 Å². The molecule has 2 aromatic rings. The summed E-state index contributed by atoms with van der Waals surface area (Å²) in [5, 5.41) is 2.84. The molecule has 3 rings (SSSR count). The zero-order chi connectivity index (χ0) is 14.1. The Hall–Kier alpha value is -2.56. The molecule has 0 radical (unpaired) electrons. The van der Waals surface area contributed by atoms with Crippen molar-refractivity contribution >= 4 is 17.3 Å². The molecule has 0 spiro atoms. The van der Waals surface area contributed by atoms with Gasteiger partial charge in [-0.15, -0.1) is 0 Å². The van der Waals surface area contributed by atoms with E-state index in [2.05, 4.69) is 10.3 Å². The highest BCUT2D eigenvalue weighted by atomic mass is 16.5. The van der Waals surface area contributed by atoms with Crippen molar-refractivity contribution in [1.82, 2.24) is 4.98 Å². The van der Waals surface area contributed by atoms with Crippen molar-refractivity contribution in [2.24, 2.45) is 0 Å². The van der Waals surface area contributed by atoms with E-state index in [4.69, 9.17) is 10.5 Å². The Morgan fingerprint density at radius 2 is 2.15 bits per heavy atom. The molecule has 1 amide bonds.